The Labute approximate surface area is 232 Å². The second-order valence-electron chi connectivity index (χ2n) is 12.2. The van der Waals surface area contributed by atoms with Crippen LogP contribution in [0.15, 0.2) is 72.8 Å². The van der Waals surface area contributed by atoms with Gasteiger partial charge in [-0.25, -0.2) is 8.78 Å². The number of aldehydes is 1. The van der Waals surface area contributed by atoms with Crippen LogP contribution >= 0.6 is 0 Å². The van der Waals surface area contributed by atoms with Crippen LogP contribution in [0.4, 0.5) is 8.78 Å². The molecule has 2 unspecified atom stereocenters. The van der Waals surface area contributed by atoms with E-state index in [1.807, 2.05) is 42.5 Å². The first-order valence-electron chi connectivity index (χ1n) is 14.2. The van der Waals surface area contributed by atoms with E-state index in [1.54, 1.807) is 0 Å². The molecule has 0 radical (unpaired) electrons. The maximum absolute atomic E-state index is 13.6. The Balaban J connectivity index is 1.33. The van der Waals surface area contributed by atoms with Crippen LogP contribution in [-0.4, -0.2) is 38.1 Å². The van der Waals surface area contributed by atoms with Gasteiger partial charge in [-0.3, -0.25) is 9.69 Å². The van der Waals surface area contributed by atoms with Crippen LogP contribution in [0, 0.1) is 11.6 Å². The highest BCUT2D eigenvalue weighted by Gasteiger charge is 2.51. The maximum atomic E-state index is 13.6. The summed E-state index contributed by atoms with van der Waals surface area (Å²) in [6.45, 7) is 7.68. The molecule has 0 amide bonds. The lowest BCUT2D eigenvalue weighted by Crippen LogP contribution is -2.54. The van der Waals surface area contributed by atoms with Crippen molar-refractivity contribution >= 4 is 14.6 Å². The Kier molecular flexibility index (Phi) is 8.18. The first-order valence-corrected chi connectivity index (χ1v) is 17.6. The number of rotatable bonds is 10. The molecule has 3 aromatic carbocycles. The lowest BCUT2D eigenvalue weighted by atomic mass is 9.78. The number of nitrogens with zero attached hydrogens (tertiary/aromatic N) is 1. The summed E-state index contributed by atoms with van der Waals surface area (Å²) < 4.78 is 34.3. The number of piperidine rings is 1. The van der Waals surface area contributed by atoms with Crippen LogP contribution in [0.5, 0.6) is 0 Å². The van der Waals surface area contributed by atoms with Crippen molar-refractivity contribution in [2.75, 3.05) is 6.54 Å². The lowest BCUT2D eigenvalue weighted by Gasteiger charge is -2.49. The van der Waals surface area contributed by atoms with E-state index in [1.165, 1.54) is 24.3 Å². The van der Waals surface area contributed by atoms with Crippen molar-refractivity contribution in [3.63, 3.8) is 0 Å². The molecular formula is C33H39F2NO2Si. The highest BCUT2D eigenvalue weighted by molar-refractivity contribution is 6.69. The lowest BCUT2D eigenvalue weighted by molar-refractivity contribution is -0.0434. The second-order valence-corrected chi connectivity index (χ2v) is 16.7. The highest BCUT2D eigenvalue weighted by atomic mass is 28.4. The van der Waals surface area contributed by atoms with Gasteiger partial charge in [0.05, 0.1) is 5.60 Å². The number of fused-ring (bicyclic) bond motifs is 2. The van der Waals surface area contributed by atoms with Gasteiger partial charge in [-0.2, -0.15) is 0 Å². The van der Waals surface area contributed by atoms with Crippen molar-refractivity contribution in [2.24, 2.45) is 0 Å². The summed E-state index contributed by atoms with van der Waals surface area (Å²) in [7, 11) is -1.90. The van der Waals surface area contributed by atoms with Gasteiger partial charge >= 0.3 is 0 Å². The Morgan fingerprint density at radius 1 is 0.897 bits per heavy atom. The standard InChI is InChI=1S/C33H39F2NO2Si/c1-39(2,3)38-33(32-9-5-4-7-26(32)23-37)21-29-18-19-30(22-33)36(29)20-6-8-31(24-10-14-27(34)15-11-24)25-12-16-28(35)17-13-25/h4-5,7,9-17,23,29-31H,6,8,18-22H2,1-3H3. The molecule has 0 spiro atoms. The molecule has 39 heavy (non-hydrogen) atoms. The molecule has 2 atom stereocenters. The van der Waals surface area contributed by atoms with Gasteiger partial charge in [0.25, 0.3) is 0 Å². The van der Waals surface area contributed by atoms with Crippen LogP contribution < -0.4 is 0 Å². The molecule has 2 heterocycles. The maximum Gasteiger partial charge on any atom is 0.184 e. The van der Waals surface area contributed by atoms with E-state index in [9.17, 15) is 13.6 Å². The van der Waals surface area contributed by atoms with Gasteiger partial charge in [0.15, 0.2) is 8.32 Å². The van der Waals surface area contributed by atoms with Crippen LogP contribution in [0.1, 0.15) is 71.5 Å². The van der Waals surface area contributed by atoms with Crippen LogP contribution in [-0.2, 0) is 10.0 Å². The normalized spacial score (nSPS) is 23.3. The zero-order chi connectivity index (χ0) is 27.6. The zero-order valence-electron chi connectivity index (χ0n) is 23.2. The van der Waals surface area contributed by atoms with Gasteiger partial charge in [-0.15, -0.1) is 0 Å². The van der Waals surface area contributed by atoms with Gasteiger partial charge in [0.1, 0.15) is 17.9 Å². The summed E-state index contributed by atoms with van der Waals surface area (Å²) in [6.07, 6.45) is 6.95. The van der Waals surface area contributed by atoms with E-state index in [4.69, 9.17) is 4.43 Å². The van der Waals surface area contributed by atoms with Crippen LogP contribution in [0.25, 0.3) is 0 Å². The monoisotopic (exact) mass is 547 g/mol. The van der Waals surface area contributed by atoms with Crippen LogP contribution in [0.3, 0.4) is 0 Å². The SMILES string of the molecule is C[Si](C)(C)OC1(c2ccccc2C=O)CC2CCC(C1)N2CCCC(c1ccc(F)cc1)c1ccc(F)cc1. The fourth-order valence-electron chi connectivity index (χ4n) is 7.02. The fourth-order valence-corrected chi connectivity index (χ4v) is 8.46. The average Bonchev–Trinajstić information content (AvgIpc) is 3.15. The minimum Gasteiger partial charge on any atom is -0.408 e. The van der Waals surface area contributed by atoms with Crippen molar-refractivity contribution in [2.45, 2.75) is 81.8 Å². The average molecular weight is 548 g/mol. The third-order valence-corrected chi connectivity index (χ3v) is 9.44. The second kappa shape index (κ2) is 11.4. The quantitative estimate of drug-likeness (QED) is 0.190. The number of hydrogen-bond donors (Lipinski definition) is 0. The molecule has 2 aliphatic heterocycles. The summed E-state index contributed by atoms with van der Waals surface area (Å²) in [4.78, 5) is 14.7. The molecule has 2 fully saturated rings. The minimum absolute atomic E-state index is 0.0856. The predicted molar refractivity (Wildman–Crippen MR) is 155 cm³/mol. The summed E-state index contributed by atoms with van der Waals surface area (Å²) in [5, 5.41) is 0. The van der Waals surface area contributed by atoms with E-state index in [0.29, 0.717) is 12.1 Å². The third kappa shape index (κ3) is 6.24. The summed E-state index contributed by atoms with van der Waals surface area (Å²) in [5.41, 5.74) is 3.47. The Morgan fingerprint density at radius 2 is 1.44 bits per heavy atom. The van der Waals surface area contributed by atoms with E-state index in [-0.39, 0.29) is 17.6 Å². The largest absolute Gasteiger partial charge is 0.408 e. The Morgan fingerprint density at radius 3 is 1.95 bits per heavy atom. The molecule has 2 aliphatic rings. The topological polar surface area (TPSA) is 29.5 Å². The third-order valence-electron chi connectivity index (χ3n) is 8.44. The molecule has 3 aromatic rings. The number of benzene rings is 3. The summed E-state index contributed by atoms with van der Waals surface area (Å²) in [6, 6.07) is 22.2. The smallest absolute Gasteiger partial charge is 0.184 e. The summed E-state index contributed by atoms with van der Waals surface area (Å²) >= 11 is 0. The molecule has 0 saturated carbocycles. The van der Waals surface area contributed by atoms with Crippen molar-refractivity contribution in [1.82, 2.24) is 4.90 Å². The van der Waals surface area contributed by atoms with E-state index in [2.05, 4.69) is 30.6 Å². The highest BCUT2D eigenvalue weighted by Crippen LogP contribution is 2.50. The molecule has 0 aromatic heterocycles. The first-order chi connectivity index (χ1) is 18.7. The Hall–Kier alpha value is -2.67. The number of halogens is 2. The summed E-state index contributed by atoms with van der Waals surface area (Å²) in [5.74, 6) is -0.411. The molecule has 0 N–H and O–H groups in total. The van der Waals surface area contributed by atoms with Gasteiger partial charge in [0.2, 0.25) is 0 Å². The number of carbonyl (C=O) groups excluding carboxylic acids is 1. The van der Waals surface area contributed by atoms with Crippen molar-refractivity contribution in [3.8, 4) is 0 Å². The fraction of sp³-hybridized carbons (Fsp3) is 0.424. The predicted octanol–water partition coefficient (Wildman–Crippen LogP) is 8.06. The molecule has 3 nitrogen and oxygen atoms in total. The molecule has 2 saturated heterocycles. The van der Waals surface area contributed by atoms with E-state index < -0.39 is 13.9 Å². The van der Waals surface area contributed by atoms with Gasteiger partial charge in [-0.05, 0) is 106 Å². The van der Waals surface area contributed by atoms with E-state index >= 15 is 0 Å². The number of hydrogen-bond acceptors (Lipinski definition) is 3. The van der Waals surface area contributed by atoms with Gasteiger partial charge < -0.3 is 4.43 Å². The molecule has 2 bridgehead atoms. The zero-order valence-corrected chi connectivity index (χ0v) is 24.2. The van der Waals surface area contributed by atoms with Crippen molar-refractivity contribution in [1.29, 1.82) is 0 Å². The Bertz CT molecular complexity index is 1210. The molecule has 5 rings (SSSR count). The molecule has 206 valence electrons. The minimum atomic E-state index is -1.90. The first kappa shape index (κ1) is 27.9. The van der Waals surface area contributed by atoms with Crippen molar-refractivity contribution in [3.05, 3.63) is 107 Å². The number of carbonyl (C=O) groups is 1. The van der Waals surface area contributed by atoms with Crippen LogP contribution in [0.2, 0.25) is 19.6 Å². The molecule has 6 heteroatoms. The molecular weight excluding hydrogens is 508 g/mol. The van der Waals surface area contributed by atoms with Crippen molar-refractivity contribution < 1.29 is 18.0 Å². The van der Waals surface area contributed by atoms with Gasteiger partial charge in [0, 0.05) is 23.6 Å². The molecule has 0 aliphatic carbocycles. The van der Waals surface area contributed by atoms with Gasteiger partial charge in [-0.1, -0.05) is 48.5 Å². The van der Waals surface area contributed by atoms with E-state index in [0.717, 1.165) is 73.6 Å².